The second-order valence-electron chi connectivity index (χ2n) is 4.65. The molecule has 2 aromatic rings. The zero-order chi connectivity index (χ0) is 14.4. The van der Waals surface area contributed by atoms with Gasteiger partial charge in [-0.2, -0.15) is 0 Å². The molecule has 0 bridgehead atoms. The number of benzene rings is 2. The molecule has 20 heavy (non-hydrogen) atoms. The van der Waals surface area contributed by atoms with Gasteiger partial charge in [-0.15, -0.1) is 0 Å². The van der Waals surface area contributed by atoms with Gasteiger partial charge in [0, 0.05) is 9.26 Å². The van der Waals surface area contributed by atoms with Gasteiger partial charge in [-0.1, -0.05) is 6.07 Å². The number of fused-ring (bicyclic) bond motifs is 1. The van der Waals surface area contributed by atoms with Gasteiger partial charge in [0.1, 0.15) is 0 Å². The average Bonchev–Trinajstić information content (AvgIpc) is 2.64. The van der Waals surface area contributed by atoms with E-state index in [1.807, 2.05) is 19.1 Å². The van der Waals surface area contributed by atoms with Gasteiger partial charge in [0.25, 0.3) is 11.8 Å². The molecule has 4 nitrogen and oxygen atoms in total. The fraction of sp³-hybridized carbons (Fsp3) is 0.0667. The van der Waals surface area contributed by atoms with Crippen molar-refractivity contribution in [3.05, 3.63) is 56.7 Å². The summed E-state index contributed by atoms with van der Waals surface area (Å²) < 4.78 is 1.06. The first-order chi connectivity index (χ1) is 9.50. The molecule has 1 aliphatic rings. The van der Waals surface area contributed by atoms with Crippen LogP contribution >= 0.6 is 22.6 Å². The number of hydrogen-bond acceptors (Lipinski definition) is 3. The molecule has 0 saturated carbocycles. The summed E-state index contributed by atoms with van der Waals surface area (Å²) in [5, 5.41) is 0. The highest BCUT2D eigenvalue weighted by Gasteiger charge is 2.38. The van der Waals surface area contributed by atoms with Gasteiger partial charge in [0.05, 0.1) is 16.8 Å². The number of aryl methyl sites for hydroxylation is 1. The average molecular weight is 378 g/mol. The first-order valence-electron chi connectivity index (χ1n) is 6.04. The minimum absolute atomic E-state index is 0.301. The van der Waals surface area contributed by atoms with Gasteiger partial charge in [0.2, 0.25) is 0 Å². The molecule has 0 radical (unpaired) electrons. The largest absolute Gasteiger partial charge is 0.398 e. The van der Waals surface area contributed by atoms with E-state index < -0.39 is 0 Å². The molecule has 0 aliphatic carbocycles. The first kappa shape index (κ1) is 13.1. The summed E-state index contributed by atoms with van der Waals surface area (Å²) in [5.41, 5.74) is 8.32. The highest BCUT2D eigenvalue weighted by molar-refractivity contribution is 14.1. The Morgan fingerprint density at radius 3 is 2.50 bits per heavy atom. The molecule has 0 saturated heterocycles. The molecule has 0 unspecified atom stereocenters. The Morgan fingerprint density at radius 2 is 1.85 bits per heavy atom. The maximum atomic E-state index is 12.5. The van der Waals surface area contributed by atoms with E-state index in [0.29, 0.717) is 22.5 Å². The standard InChI is InChI=1S/C15H11IN2O2/c1-8-7-9(16)5-6-12(8)18-14(19)10-3-2-4-11(17)13(10)15(18)20/h2-7H,17H2,1H3. The summed E-state index contributed by atoms with van der Waals surface area (Å²) >= 11 is 2.19. The number of amides is 2. The topological polar surface area (TPSA) is 63.4 Å². The van der Waals surface area contributed by atoms with Crippen molar-refractivity contribution in [3.63, 3.8) is 0 Å². The summed E-state index contributed by atoms with van der Waals surface area (Å²) in [6.45, 7) is 1.88. The number of rotatable bonds is 1. The molecular weight excluding hydrogens is 367 g/mol. The number of carbonyl (C=O) groups is 2. The molecule has 1 heterocycles. The van der Waals surface area contributed by atoms with Crippen LogP contribution in [0.3, 0.4) is 0 Å². The monoisotopic (exact) mass is 378 g/mol. The van der Waals surface area contributed by atoms with Crippen LogP contribution in [0.25, 0.3) is 0 Å². The van der Waals surface area contributed by atoms with Crippen LogP contribution in [0, 0.1) is 10.5 Å². The molecule has 0 aromatic heterocycles. The van der Waals surface area contributed by atoms with Gasteiger partial charge in [-0.25, -0.2) is 4.90 Å². The van der Waals surface area contributed by atoms with E-state index in [1.54, 1.807) is 24.3 Å². The number of hydrogen-bond donors (Lipinski definition) is 1. The molecule has 0 atom stereocenters. The van der Waals surface area contributed by atoms with E-state index in [4.69, 9.17) is 5.73 Å². The van der Waals surface area contributed by atoms with Crippen molar-refractivity contribution in [2.75, 3.05) is 10.6 Å². The van der Waals surface area contributed by atoms with Crippen LogP contribution in [0.1, 0.15) is 26.3 Å². The quantitative estimate of drug-likeness (QED) is 0.472. The summed E-state index contributed by atoms with van der Waals surface area (Å²) in [5.74, 6) is -0.672. The van der Waals surface area contributed by atoms with Crippen molar-refractivity contribution in [2.45, 2.75) is 6.92 Å². The lowest BCUT2D eigenvalue weighted by molar-refractivity contribution is 0.0926. The zero-order valence-corrected chi connectivity index (χ0v) is 12.8. The van der Waals surface area contributed by atoms with Crippen LogP contribution in [0.4, 0.5) is 11.4 Å². The molecule has 2 N–H and O–H groups in total. The Morgan fingerprint density at radius 1 is 1.10 bits per heavy atom. The van der Waals surface area contributed by atoms with E-state index in [2.05, 4.69) is 22.6 Å². The van der Waals surface area contributed by atoms with Gasteiger partial charge in [-0.3, -0.25) is 9.59 Å². The fourth-order valence-corrected chi connectivity index (χ4v) is 3.05. The Hall–Kier alpha value is -1.89. The van der Waals surface area contributed by atoms with Crippen LogP contribution in [-0.4, -0.2) is 11.8 Å². The van der Waals surface area contributed by atoms with Crippen LogP contribution in [-0.2, 0) is 0 Å². The molecule has 2 aromatic carbocycles. The van der Waals surface area contributed by atoms with Gasteiger partial charge < -0.3 is 5.73 Å². The Balaban J connectivity index is 2.17. The summed E-state index contributed by atoms with van der Waals surface area (Å²) in [4.78, 5) is 26.1. The molecule has 0 spiro atoms. The van der Waals surface area contributed by atoms with Gasteiger partial charge >= 0.3 is 0 Å². The smallest absolute Gasteiger partial charge is 0.268 e. The minimum Gasteiger partial charge on any atom is -0.398 e. The number of imide groups is 1. The summed E-state index contributed by atoms with van der Waals surface area (Å²) in [6.07, 6.45) is 0. The number of carbonyl (C=O) groups excluding carboxylic acids is 2. The predicted octanol–water partition coefficient (Wildman–Crippen LogP) is 2.98. The van der Waals surface area contributed by atoms with Gasteiger partial charge in [0.15, 0.2) is 0 Å². The molecular formula is C15H11IN2O2. The van der Waals surface area contributed by atoms with Crippen molar-refractivity contribution in [1.29, 1.82) is 0 Å². The van der Waals surface area contributed by atoms with Crippen molar-refractivity contribution in [2.24, 2.45) is 0 Å². The zero-order valence-electron chi connectivity index (χ0n) is 10.7. The highest BCUT2D eigenvalue weighted by Crippen LogP contribution is 2.33. The highest BCUT2D eigenvalue weighted by atomic mass is 127. The van der Waals surface area contributed by atoms with Crippen molar-refractivity contribution >= 4 is 45.8 Å². The van der Waals surface area contributed by atoms with E-state index in [1.165, 1.54) is 4.90 Å². The van der Waals surface area contributed by atoms with Crippen molar-refractivity contribution in [1.82, 2.24) is 0 Å². The lowest BCUT2D eigenvalue weighted by Crippen LogP contribution is -2.30. The second kappa shape index (κ2) is 4.59. The maximum absolute atomic E-state index is 12.5. The van der Waals surface area contributed by atoms with Crippen molar-refractivity contribution in [3.8, 4) is 0 Å². The van der Waals surface area contributed by atoms with Gasteiger partial charge in [-0.05, 0) is 65.4 Å². The molecule has 5 heteroatoms. The summed E-state index contributed by atoms with van der Waals surface area (Å²) in [7, 11) is 0. The Kier molecular flexibility index (Phi) is 3.01. The number of nitrogens with zero attached hydrogens (tertiary/aromatic N) is 1. The van der Waals surface area contributed by atoms with E-state index >= 15 is 0 Å². The molecule has 3 rings (SSSR count). The number of nitrogens with two attached hydrogens (primary N) is 1. The lowest BCUT2D eigenvalue weighted by Gasteiger charge is -2.16. The van der Waals surface area contributed by atoms with E-state index in [-0.39, 0.29) is 11.8 Å². The Labute approximate surface area is 129 Å². The number of nitrogen functional groups attached to an aromatic ring is 1. The molecule has 1 aliphatic heterocycles. The van der Waals surface area contributed by atoms with Crippen molar-refractivity contribution < 1.29 is 9.59 Å². The fourth-order valence-electron chi connectivity index (χ4n) is 2.40. The third-order valence-corrected chi connectivity index (χ3v) is 4.02. The third kappa shape index (κ3) is 1.81. The van der Waals surface area contributed by atoms with Crippen LogP contribution < -0.4 is 10.6 Å². The third-order valence-electron chi connectivity index (χ3n) is 3.35. The van der Waals surface area contributed by atoms with Crippen LogP contribution in [0.2, 0.25) is 0 Å². The SMILES string of the molecule is Cc1cc(I)ccc1N1C(=O)c2cccc(N)c2C1=O. The van der Waals surface area contributed by atoms with E-state index in [0.717, 1.165) is 9.13 Å². The van der Waals surface area contributed by atoms with Crippen LogP contribution in [0.15, 0.2) is 36.4 Å². The molecule has 2 amide bonds. The molecule has 100 valence electrons. The second-order valence-corrected chi connectivity index (χ2v) is 5.89. The van der Waals surface area contributed by atoms with E-state index in [9.17, 15) is 9.59 Å². The lowest BCUT2D eigenvalue weighted by atomic mass is 10.1. The number of halogens is 1. The minimum atomic E-state index is -0.354. The number of anilines is 2. The predicted molar refractivity (Wildman–Crippen MR) is 85.9 cm³/mol. The summed E-state index contributed by atoms with van der Waals surface area (Å²) in [6, 6.07) is 10.5. The maximum Gasteiger partial charge on any atom is 0.268 e. The Bertz CT molecular complexity index is 756. The first-order valence-corrected chi connectivity index (χ1v) is 7.12. The normalized spacial score (nSPS) is 13.8. The van der Waals surface area contributed by atoms with Crippen LogP contribution in [0.5, 0.6) is 0 Å². The molecule has 0 fully saturated rings.